The number of ether oxygens (including phenoxy) is 1. The number of rotatable bonds is 2. The van der Waals surface area contributed by atoms with E-state index >= 15 is 0 Å². The van der Waals surface area contributed by atoms with Gasteiger partial charge in [0.15, 0.2) is 5.75 Å². The van der Waals surface area contributed by atoms with Gasteiger partial charge in [0.25, 0.3) is 0 Å². The highest BCUT2D eigenvalue weighted by molar-refractivity contribution is 6.34. The summed E-state index contributed by atoms with van der Waals surface area (Å²) in [6.07, 6.45) is 1.48. The van der Waals surface area contributed by atoms with E-state index < -0.39 is 0 Å². The molecule has 1 aromatic heterocycles. The van der Waals surface area contributed by atoms with Crippen LogP contribution in [0.1, 0.15) is 13.8 Å². The molecular weight excluding hydrogens is 345 g/mol. The van der Waals surface area contributed by atoms with Crippen molar-refractivity contribution in [1.29, 1.82) is 0 Å². The summed E-state index contributed by atoms with van der Waals surface area (Å²) in [7, 11) is 0. The van der Waals surface area contributed by atoms with Crippen LogP contribution in [0.15, 0.2) is 18.3 Å². The van der Waals surface area contributed by atoms with E-state index in [0.717, 1.165) is 17.8 Å². The van der Waals surface area contributed by atoms with E-state index in [1.165, 1.54) is 6.20 Å². The zero-order valence-electron chi connectivity index (χ0n) is 12.1. The Morgan fingerprint density at radius 3 is 2.68 bits per heavy atom. The zero-order valence-corrected chi connectivity index (χ0v) is 14.4. The fraction of sp³-hybridized carbons (Fsp3) is 0.333. The second-order valence-corrected chi connectivity index (χ2v) is 6.43. The molecule has 0 fully saturated rings. The first kappa shape index (κ1) is 15.7. The number of hydrogen-bond donors (Lipinski definition) is 0. The van der Waals surface area contributed by atoms with Crippen molar-refractivity contribution in [3.05, 3.63) is 33.7 Å². The van der Waals surface area contributed by atoms with E-state index in [2.05, 4.69) is 28.7 Å². The SMILES string of the molecule is CC(C)N1CCOc2c(Cl)cc(-c3nc(Cl)ncc3Cl)cc21. The Balaban J connectivity index is 2.17. The summed E-state index contributed by atoms with van der Waals surface area (Å²) in [6.45, 7) is 5.68. The minimum atomic E-state index is 0.144. The molecule has 2 heterocycles. The maximum atomic E-state index is 6.39. The van der Waals surface area contributed by atoms with Gasteiger partial charge in [-0.3, -0.25) is 0 Å². The van der Waals surface area contributed by atoms with Crippen LogP contribution in [0.3, 0.4) is 0 Å². The summed E-state index contributed by atoms with van der Waals surface area (Å²) in [4.78, 5) is 10.3. The third-order valence-electron chi connectivity index (χ3n) is 3.52. The van der Waals surface area contributed by atoms with Crippen LogP contribution in [-0.4, -0.2) is 29.2 Å². The van der Waals surface area contributed by atoms with Gasteiger partial charge in [-0.2, -0.15) is 0 Å². The molecule has 0 atom stereocenters. The van der Waals surface area contributed by atoms with Gasteiger partial charge in [0, 0.05) is 11.6 Å². The fourth-order valence-electron chi connectivity index (χ4n) is 2.52. The number of aromatic nitrogens is 2. The van der Waals surface area contributed by atoms with Gasteiger partial charge < -0.3 is 9.64 Å². The van der Waals surface area contributed by atoms with E-state index in [1.54, 1.807) is 6.07 Å². The van der Waals surface area contributed by atoms with E-state index in [4.69, 9.17) is 39.5 Å². The summed E-state index contributed by atoms with van der Waals surface area (Å²) in [5.74, 6) is 0.696. The average molecular weight is 359 g/mol. The predicted octanol–water partition coefficient (Wildman–Crippen LogP) is 4.71. The number of anilines is 1. The number of halogens is 3. The lowest BCUT2D eigenvalue weighted by molar-refractivity contribution is 0.303. The number of benzene rings is 1. The van der Waals surface area contributed by atoms with Crippen LogP contribution >= 0.6 is 34.8 Å². The molecule has 0 bridgehead atoms. The smallest absolute Gasteiger partial charge is 0.222 e. The summed E-state index contributed by atoms with van der Waals surface area (Å²) in [6, 6.07) is 4.10. The first-order valence-electron chi connectivity index (χ1n) is 6.88. The van der Waals surface area contributed by atoms with Crippen molar-refractivity contribution in [3.8, 4) is 17.0 Å². The van der Waals surface area contributed by atoms with Gasteiger partial charge in [-0.05, 0) is 37.6 Å². The summed E-state index contributed by atoms with van der Waals surface area (Å²) < 4.78 is 5.71. The van der Waals surface area contributed by atoms with Crippen molar-refractivity contribution < 1.29 is 4.74 Å². The average Bonchev–Trinajstić information content (AvgIpc) is 2.49. The van der Waals surface area contributed by atoms with Gasteiger partial charge in [-0.25, -0.2) is 9.97 Å². The van der Waals surface area contributed by atoms with E-state index in [-0.39, 0.29) is 5.28 Å². The van der Waals surface area contributed by atoms with E-state index in [9.17, 15) is 0 Å². The van der Waals surface area contributed by atoms with Crippen LogP contribution in [-0.2, 0) is 0 Å². The minimum absolute atomic E-state index is 0.144. The van der Waals surface area contributed by atoms with Crippen LogP contribution in [0.2, 0.25) is 15.3 Å². The molecule has 0 amide bonds. The Hall–Kier alpha value is -1.23. The standard InChI is InChI=1S/C15H14Cl3N3O/c1-8(2)21-3-4-22-14-10(16)5-9(6-12(14)21)13-11(17)7-19-15(18)20-13/h5-8H,3-4H2,1-2H3. The Labute approximate surface area is 144 Å². The minimum Gasteiger partial charge on any atom is -0.488 e. The molecule has 116 valence electrons. The van der Waals surface area contributed by atoms with Gasteiger partial charge in [0.2, 0.25) is 5.28 Å². The van der Waals surface area contributed by atoms with Crippen molar-refractivity contribution in [2.24, 2.45) is 0 Å². The first-order valence-corrected chi connectivity index (χ1v) is 8.02. The molecular formula is C15H14Cl3N3O. The monoisotopic (exact) mass is 357 g/mol. The highest BCUT2D eigenvalue weighted by Gasteiger charge is 2.24. The molecule has 0 spiro atoms. The number of hydrogen-bond acceptors (Lipinski definition) is 4. The van der Waals surface area contributed by atoms with E-state index in [1.807, 2.05) is 6.07 Å². The zero-order chi connectivity index (χ0) is 15.9. The summed E-state index contributed by atoms with van der Waals surface area (Å²) in [5.41, 5.74) is 2.28. The summed E-state index contributed by atoms with van der Waals surface area (Å²) in [5, 5.41) is 1.10. The van der Waals surface area contributed by atoms with Crippen LogP contribution in [0.5, 0.6) is 5.75 Å². The molecule has 7 heteroatoms. The topological polar surface area (TPSA) is 38.2 Å². The van der Waals surface area contributed by atoms with Crippen molar-refractivity contribution >= 4 is 40.5 Å². The molecule has 3 rings (SSSR count). The molecule has 0 saturated heterocycles. The van der Waals surface area contributed by atoms with Crippen molar-refractivity contribution in [2.75, 3.05) is 18.1 Å². The molecule has 0 radical (unpaired) electrons. The maximum absolute atomic E-state index is 6.39. The third kappa shape index (κ3) is 2.83. The first-order chi connectivity index (χ1) is 10.5. The molecule has 1 aliphatic heterocycles. The third-order valence-corrected chi connectivity index (χ3v) is 4.26. The molecule has 0 aliphatic carbocycles. The van der Waals surface area contributed by atoms with Crippen LogP contribution in [0.25, 0.3) is 11.3 Å². The maximum Gasteiger partial charge on any atom is 0.222 e. The second kappa shape index (κ2) is 6.11. The lowest BCUT2D eigenvalue weighted by atomic mass is 10.1. The van der Waals surface area contributed by atoms with Gasteiger partial charge in [-0.1, -0.05) is 23.2 Å². The number of nitrogens with zero attached hydrogens (tertiary/aromatic N) is 3. The molecule has 2 aromatic rings. The van der Waals surface area contributed by atoms with Crippen molar-refractivity contribution in [1.82, 2.24) is 9.97 Å². The van der Waals surface area contributed by atoms with Gasteiger partial charge in [0.05, 0.1) is 34.2 Å². The normalized spacial score (nSPS) is 14.0. The van der Waals surface area contributed by atoms with Gasteiger partial charge >= 0.3 is 0 Å². The van der Waals surface area contributed by atoms with Crippen molar-refractivity contribution in [2.45, 2.75) is 19.9 Å². The molecule has 0 N–H and O–H groups in total. The largest absolute Gasteiger partial charge is 0.488 e. The fourth-order valence-corrected chi connectivity index (χ4v) is 3.13. The van der Waals surface area contributed by atoms with Crippen LogP contribution < -0.4 is 9.64 Å². The predicted molar refractivity (Wildman–Crippen MR) is 90.5 cm³/mol. The highest BCUT2D eigenvalue weighted by atomic mass is 35.5. The summed E-state index contributed by atoms with van der Waals surface area (Å²) >= 11 is 18.5. The Bertz CT molecular complexity index is 721. The van der Waals surface area contributed by atoms with Crippen molar-refractivity contribution in [3.63, 3.8) is 0 Å². The molecule has 0 unspecified atom stereocenters. The van der Waals surface area contributed by atoms with Crippen LogP contribution in [0.4, 0.5) is 5.69 Å². The van der Waals surface area contributed by atoms with Gasteiger partial charge in [0.1, 0.15) is 6.61 Å². The Morgan fingerprint density at radius 1 is 1.18 bits per heavy atom. The molecule has 4 nitrogen and oxygen atoms in total. The quantitative estimate of drug-likeness (QED) is 0.729. The second-order valence-electron chi connectivity index (χ2n) is 5.28. The van der Waals surface area contributed by atoms with E-state index in [0.29, 0.717) is 34.1 Å². The van der Waals surface area contributed by atoms with Gasteiger partial charge in [-0.15, -0.1) is 0 Å². The molecule has 22 heavy (non-hydrogen) atoms. The van der Waals surface area contributed by atoms with Crippen LogP contribution in [0, 0.1) is 0 Å². The lowest BCUT2D eigenvalue weighted by Gasteiger charge is -2.35. The molecule has 0 saturated carbocycles. The Kier molecular flexibility index (Phi) is 4.35. The lowest BCUT2D eigenvalue weighted by Crippen LogP contribution is -2.38. The molecule has 1 aliphatic rings. The highest BCUT2D eigenvalue weighted by Crippen LogP contribution is 2.43. The number of fused-ring (bicyclic) bond motifs is 1. The Morgan fingerprint density at radius 2 is 1.95 bits per heavy atom. The molecule has 1 aromatic carbocycles.